The van der Waals surface area contributed by atoms with Gasteiger partial charge in [-0.05, 0) is 23.9 Å². The molecule has 0 aromatic heterocycles. The van der Waals surface area contributed by atoms with Crippen molar-refractivity contribution in [3.63, 3.8) is 0 Å². The molecule has 7 heteroatoms. The summed E-state index contributed by atoms with van der Waals surface area (Å²) in [5.74, 6) is 0. The first-order valence-corrected chi connectivity index (χ1v) is 4.05. The average Bonchev–Trinajstić information content (AvgIpc) is 2.17. The lowest BCUT2D eigenvalue weighted by Crippen LogP contribution is -2.34. The molecule has 0 aromatic rings. The first-order valence-electron chi connectivity index (χ1n) is 4.05. The average molecular weight is 182 g/mol. The Hall–Kier alpha value is -1.42. The van der Waals surface area contributed by atoms with E-state index in [-0.39, 0.29) is 18.7 Å². The Morgan fingerprint density at radius 3 is 2.92 bits per heavy atom. The summed E-state index contributed by atoms with van der Waals surface area (Å²) in [6, 6.07) is -0.191. The third-order valence-electron chi connectivity index (χ3n) is 1.93. The van der Waals surface area contributed by atoms with E-state index in [4.69, 9.17) is 15.8 Å². The monoisotopic (exact) mass is 182 g/mol. The third kappa shape index (κ3) is 2.83. The minimum atomic E-state index is -0.249. The van der Waals surface area contributed by atoms with Crippen LogP contribution in [0.4, 0.5) is 0 Å². The molecule has 1 rings (SSSR count). The van der Waals surface area contributed by atoms with Gasteiger partial charge in [-0.2, -0.15) is 0 Å². The maximum absolute atomic E-state index is 8.26. The second-order valence-electron chi connectivity index (χ2n) is 2.74. The van der Waals surface area contributed by atoms with Crippen LogP contribution >= 0.6 is 0 Å². The summed E-state index contributed by atoms with van der Waals surface area (Å²) in [5.41, 5.74) is 16.4. The fourth-order valence-corrected chi connectivity index (χ4v) is 1.31. The minimum absolute atomic E-state index is 0.191. The lowest BCUT2D eigenvalue weighted by Gasteiger charge is -2.27. The van der Waals surface area contributed by atoms with Crippen molar-refractivity contribution in [2.75, 3.05) is 13.2 Å². The van der Waals surface area contributed by atoms with Gasteiger partial charge < -0.3 is 4.74 Å². The van der Waals surface area contributed by atoms with Crippen LogP contribution < -0.4 is 0 Å². The van der Waals surface area contributed by atoms with Crippen LogP contribution in [0.3, 0.4) is 0 Å². The van der Waals surface area contributed by atoms with E-state index in [1.165, 1.54) is 0 Å². The topological polar surface area (TPSA) is 107 Å². The molecule has 1 fully saturated rings. The Balaban J connectivity index is 2.55. The van der Waals surface area contributed by atoms with Gasteiger partial charge in [0.1, 0.15) is 0 Å². The summed E-state index contributed by atoms with van der Waals surface area (Å²) in [6.45, 7) is 0.878. The highest BCUT2D eigenvalue weighted by molar-refractivity contribution is 4.82. The van der Waals surface area contributed by atoms with Crippen molar-refractivity contribution in [2.45, 2.75) is 25.0 Å². The van der Waals surface area contributed by atoms with Crippen molar-refractivity contribution < 1.29 is 4.74 Å². The highest BCUT2D eigenvalue weighted by Gasteiger charge is 2.23. The molecular weight excluding hydrogens is 172 g/mol. The van der Waals surface area contributed by atoms with E-state index in [0.29, 0.717) is 6.61 Å². The number of rotatable bonds is 3. The second-order valence-corrected chi connectivity index (χ2v) is 2.74. The summed E-state index contributed by atoms with van der Waals surface area (Å²) < 4.78 is 5.32. The minimum Gasteiger partial charge on any atom is -0.378 e. The van der Waals surface area contributed by atoms with Crippen molar-refractivity contribution in [1.29, 1.82) is 0 Å². The van der Waals surface area contributed by atoms with Crippen LogP contribution in [0.1, 0.15) is 12.8 Å². The Kier molecular flexibility index (Phi) is 3.92. The van der Waals surface area contributed by atoms with E-state index in [1.807, 2.05) is 0 Å². The molecule has 0 spiro atoms. The summed E-state index contributed by atoms with van der Waals surface area (Å²) >= 11 is 0. The molecule has 2 unspecified atom stereocenters. The van der Waals surface area contributed by atoms with Gasteiger partial charge in [0.15, 0.2) is 0 Å². The molecule has 1 aliphatic heterocycles. The number of hydrogen-bond donors (Lipinski definition) is 0. The second kappa shape index (κ2) is 5.27. The van der Waals surface area contributed by atoms with E-state index in [1.54, 1.807) is 0 Å². The first-order chi connectivity index (χ1) is 6.38. The zero-order valence-corrected chi connectivity index (χ0v) is 7.07. The number of nitrogens with zero attached hydrogens (tertiary/aromatic N) is 6. The molecule has 7 nitrogen and oxygen atoms in total. The normalized spacial score (nSPS) is 27.1. The van der Waals surface area contributed by atoms with E-state index in [9.17, 15) is 0 Å². The van der Waals surface area contributed by atoms with Crippen molar-refractivity contribution in [3.8, 4) is 0 Å². The molecule has 0 aliphatic carbocycles. The summed E-state index contributed by atoms with van der Waals surface area (Å²) in [7, 11) is 0. The molecule has 0 bridgehead atoms. The largest absolute Gasteiger partial charge is 0.378 e. The lowest BCUT2D eigenvalue weighted by molar-refractivity contribution is 0.00790. The van der Waals surface area contributed by atoms with Crippen LogP contribution in [-0.4, -0.2) is 25.3 Å². The summed E-state index contributed by atoms with van der Waals surface area (Å²) in [5, 5.41) is 6.99. The van der Waals surface area contributed by atoms with Crippen LogP contribution in [-0.2, 0) is 4.74 Å². The number of hydrogen-bond acceptors (Lipinski definition) is 3. The zero-order valence-electron chi connectivity index (χ0n) is 7.07. The van der Waals surface area contributed by atoms with Gasteiger partial charge in [0.2, 0.25) is 0 Å². The SMILES string of the molecule is [N-]=[N+]=NCC1OCCCC1N=[N+]=[N-]. The molecule has 0 N–H and O–H groups in total. The molecular formula is C6H10N6O. The van der Waals surface area contributed by atoms with Crippen LogP contribution in [0.25, 0.3) is 20.9 Å². The van der Waals surface area contributed by atoms with E-state index < -0.39 is 0 Å². The van der Waals surface area contributed by atoms with Gasteiger partial charge >= 0.3 is 0 Å². The molecule has 1 heterocycles. The van der Waals surface area contributed by atoms with Crippen LogP contribution in [0.15, 0.2) is 10.2 Å². The number of azide groups is 2. The predicted molar refractivity (Wildman–Crippen MR) is 45.9 cm³/mol. The highest BCUT2D eigenvalue weighted by atomic mass is 16.5. The lowest BCUT2D eigenvalue weighted by atomic mass is 10.0. The van der Waals surface area contributed by atoms with E-state index in [2.05, 4.69) is 20.1 Å². The van der Waals surface area contributed by atoms with Gasteiger partial charge in [-0.25, -0.2) is 0 Å². The van der Waals surface area contributed by atoms with Crippen LogP contribution in [0.2, 0.25) is 0 Å². The zero-order chi connectivity index (χ0) is 9.52. The van der Waals surface area contributed by atoms with Crippen LogP contribution in [0.5, 0.6) is 0 Å². The fraction of sp³-hybridized carbons (Fsp3) is 1.00. The van der Waals surface area contributed by atoms with E-state index >= 15 is 0 Å². The quantitative estimate of drug-likeness (QED) is 0.372. The van der Waals surface area contributed by atoms with Gasteiger partial charge in [-0.3, -0.25) is 0 Å². The van der Waals surface area contributed by atoms with Gasteiger partial charge in [-0.1, -0.05) is 10.2 Å². The summed E-state index contributed by atoms with van der Waals surface area (Å²) in [4.78, 5) is 5.36. The maximum atomic E-state index is 8.26. The van der Waals surface area contributed by atoms with Crippen molar-refractivity contribution in [2.24, 2.45) is 10.2 Å². The van der Waals surface area contributed by atoms with Gasteiger partial charge in [0, 0.05) is 16.4 Å². The molecule has 1 saturated heterocycles. The Labute approximate surface area is 74.9 Å². The summed E-state index contributed by atoms with van der Waals surface area (Å²) in [6.07, 6.45) is 1.44. The first kappa shape index (κ1) is 9.67. The molecule has 70 valence electrons. The molecule has 0 aromatic carbocycles. The molecule has 0 radical (unpaired) electrons. The fourth-order valence-electron chi connectivity index (χ4n) is 1.31. The Morgan fingerprint density at radius 2 is 2.23 bits per heavy atom. The van der Waals surface area contributed by atoms with Crippen LogP contribution in [0, 0.1) is 0 Å². The van der Waals surface area contributed by atoms with Gasteiger partial charge in [-0.15, -0.1) is 0 Å². The molecule has 1 aliphatic rings. The predicted octanol–water partition coefficient (Wildman–Crippen LogP) is 2.15. The number of ether oxygens (including phenoxy) is 1. The molecule has 13 heavy (non-hydrogen) atoms. The molecule has 2 atom stereocenters. The Morgan fingerprint density at radius 1 is 1.38 bits per heavy atom. The van der Waals surface area contributed by atoms with Gasteiger partial charge in [0.25, 0.3) is 0 Å². The smallest absolute Gasteiger partial charge is 0.0716 e. The van der Waals surface area contributed by atoms with Crippen molar-refractivity contribution in [3.05, 3.63) is 20.9 Å². The highest BCUT2D eigenvalue weighted by Crippen LogP contribution is 2.17. The van der Waals surface area contributed by atoms with Crippen molar-refractivity contribution in [1.82, 2.24) is 0 Å². The third-order valence-corrected chi connectivity index (χ3v) is 1.93. The molecule has 0 saturated carbocycles. The van der Waals surface area contributed by atoms with Crippen molar-refractivity contribution >= 4 is 0 Å². The van der Waals surface area contributed by atoms with Gasteiger partial charge in [0.05, 0.1) is 18.7 Å². The standard InChI is InChI=1S/C6H10N6O/c7-11-9-4-6-5(10-12-8)2-1-3-13-6/h5-6H,1-4H2. The van der Waals surface area contributed by atoms with E-state index in [0.717, 1.165) is 12.8 Å². The Bertz CT molecular complexity index is 254. The maximum Gasteiger partial charge on any atom is 0.0716 e. The molecule has 0 amide bonds.